The third kappa shape index (κ3) is 2.96. The summed E-state index contributed by atoms with van der Waals surface area (Å²) in [6.45, 7) is 2.01. The summed E-state index contributed by atoms with van der Waals surface area (Å²) < 4.78 is 2.10. The molecule has 0 aliphatic carbocycles. The van der Waals surface area contributed by atoms with Crippen LogP contribution in [-0.2, 0) is 0 Å². The van der Waals surface area contributed by atoms with E-state index in [2.05, 4.69) is 39.7 Å². The number of aliphatic hydroxyl groups excluding tert-OH is 1. The van der Waals surface area contributed by atoms with E-state index in [1.165, 1.54) is 0 Å². The van der Waals surface area contributed by atoms with Crippen LogP contribution in [0.3, 0.4) is 0 Å². The van der Waals surface area contributed by atoms with Crippen LogP contribution in [0.5, 0.6) is 0 Å². The van der Waals surface area contributed by atoms with Crippen molar-refractivity contribution in [3.05, 3.63) is 47.6 Å². The van der Waals surface area contributed by atoms with E-state index in [1.54, 1.807) is 11.3 Å². The number of benzene rings is 1. The van der Waals surface area contributed by atoms with Crippen molar-refractivity contribution in [2.24, 2.45) is 4.99 Å². The predicted octanol–water partition coefficient (Wildman–Crippen LogP) is 4.02. The second-order valence-electron chi connectivity index (χ2n) is 5.09. The average molecular weight is 313 g/mol. The standard InChI is InChI=1S/C17H19N3OS/c1-2-3-6-14(19-12-21)16-9-10-17(22-16)20-11-18-13-7-4-5-8-15(13)20/h4-5,7-11,21H,2-3,6,12H2,1H3/b19-14-. The lowest BCUT2D eigenvalue weighted by Crippen LogP contribution is -1.99. The number of thiophene rings is 1. The Kier molecular flexibility index (Phi) is 4.65. The molecule has 22 heavy (non-hydrogen) atoms. The molecule has 3 rings (SSSR count). The van der Waals surface area contributed by atoms with E-state index in [0.29, 0.717) is 0 Å². The topological polar surface area (TPSA) is 50.4 Å². The van der Waals surface area contributed by atoms with Crippen molar-refractivity contribution < 1.29 is 5.11 Å². The van der Waals surface area contributed by atoms with Gasteiger partial charge in [0.1, 0.15) is 18.1 Å². The van der Waals surface area contributed by atoms with Gasteiger partial charge in [-0.3, -0.25) is 9.56 Å². The molecule has 0 atom stereocenters. The van der Waals surface area contributed by atoms with Gasteiger partial charge in [0.2, 0.25) is 0 Å². The molecule has 1 aromatic carbocycles. The van der Waals surface area contributed by atoms with Gasteiger partial charge in [-0.2, -0.15) is 0 Å². The maximum absolute atomic E-state index is 9.13. The number of aliphatic imine (C=N–C) groups is 1. The zero-order chi connectivity index (χ0) is 15.4. The highest BCUT2D eigenvalue weighted by Gasteiger charge is 2.10. The van der Waals surface area contributed by atoms with Gasteiger partial charge in [-0.05, 0) is 37.1 Å². The largest absolute Gasteiger partial charge is 0.375 e. The molecule has 0 spiro atoms. The molecule has 0 bridgehead atoms. The molecule has 0 saturated heterocycles. The summed E-state index contributed by atoms with van der Waals surface area (Å²) in [7, 11) is 0. The van der Waals surface area contributed by atoms with Crippen LogP contribution in [0.2, 0.25) is 0 Å². The molecule has 2 aromatic heterocycles. The van der Waals surface area contributed by atoms with Gasteiger partial charge in [-0.25, -0.2) is 4.98 Å². The first-order chi connectivity index (χ1) is 10.8. The Morgan fingerprint density at radius 3 is 2.95 bits per heavy atom. The number of fused-ring (bicyclic) bond motifs is 1. The number of nitrogens with zero attached hydrogens (tertiary/aromatic N) is 3. The van der Waals surface area contributed by atoms with Gasteiger partial charge < -0.3 is 5.11 Å². The smallest absolute Gasteiger partial charge is 0.134 e. The highest BCUT2D eigenvalue weighted by Crippen LogP contribution is 2.26. The Labute approximate surface area is 133 Å². The SMILES string of the molecule is CCCC/C(=N/CO)c1ccc(-n2cnc3ccccc32)s1. The lowest BCUT2D eigenvalue weighted by atomic mass is 10.1. The number of unbranched alkanes of at least 4 members (excludes halogenated alkanes) is 1. The summed E-state index contributed by atoms with van der Waals surface area (Å²) in [6.07, 6.45) is 4.96. The molecule has 0 radical (unpaired) electrons. The number of hydrogen-bond acceptors (Lipinski definition) is 4. The second kappa shape index (κ2) is 6.85. The molecule has 0 fully saturated rings. The first-order valence-corrected chi connectivity index (χ1v) is 8.32. The maximum atomic E-state index is 9.13. The minimum atomic E-state index is -0.152. The first kappa shape index (κ1) is 14.9. The van der Waals surface area contributed by atoms with Crippen LogP contribution in [0.15, 0.2) is 47.7 Å². The van der Waals surface area contributed by atoms with Crippen molar-refractivity contribution in [3.63, 3.8) is 0 Å². The third-order valence-electron chi connectivity index (χ3n) is 3.60. The van der Waals surface area contributed by atoms with Gasteiger partial charge >= 0.3 is 0 Å². The zero-order valence-corrected chi connectivity index (χ0v) is 13.4. The van der Waals surface area contributed by atoms with Gasteiger partial charge in [-0.15, -0.1) is 11.3 Å². The van der Waals surface area contributed by atoms with Crippen LogP contribution < -0.4 is 0 Å². The van der Waals surface area contributed by atoms with Gasteiger partial charge in [0, 0.05) is 0 Å². The molecule has 2 heterocycles. The molecule has 3 aromatic rings. The van der Waals surface area contributed by atoms with Crippen LogP contribution in [-0.4, -0.2) is 27.1 Å². The fourth-order valence-corrected chi connectivity index (χ4v) is 3.48. The highest BCUT2D eigenvalue weighted by atomic mass is 32.1. The lowest BCUT2D eigenvalue weighted by Gasteiger charge is -2.03. The Morgan fingerprint density at radius 1 is 1.27 bits per heavy atom. The van der Waals surface area contributed by atoms with Gasteiger partial charge in [0.15, 0.2) is 0 Å². The Bertz CT molecular complexity index is 788. The van der Waals surface area contributed by atoms with E-state index >= 15 is 0 Å². The number of aliphatic hydroxyl groups is 1. The summed E-state index contributed by atoms with van der Waals surface area (Å²) in [6, 6.07) is 12.3. The Hall–Kier alpha value is -1.98. The Morgan fingerprint density at radius 2 is 2.14 bits per heavy atom. The second-order valence-corrected chi connectivity index (χ2v) is 6.15. The van der Waals surface area contributed by atoms with Crippen LogP contribution in [0.4, 0.5) is 0 Å². The molecule has 0 unspecified atom stereocenters. The monoisotopic (exact) mass is 313 g/mol. The highest BCUT2D eigenvalue weighted by molar-refractivity contribution is 7.16. The summed E-state index contributed by atoms with van der Waals surface area (Å²) in [5, 5.41) is 10.2. The van der Waals surface area contributed by atoms with E-state index in [0.717, 1.165) is 45.9 Å². The number of aromatic nitrogens is 2. The van der Waals surface area contributed by atoms with E-state index in [9.17, 15) is 0 Å². The number of para-hydroxylation sites is 2. The lowest BCUT2D eigenvalue weighted by molar-refractivity contribution is 0.309. The number of rotatable bonds is 6. The average Bonchev–Trinajstić information content (AvgIpc) is 3.17. The summed E-state index contributed by atoms with van der Waals surface area (Å²) >= 11 is 1.69. The van der Waals surface area contributed by atoms with Crippen molar-refractivity contribution >= 4 is 28.1 Å². The molecular formula is C17H19N3OS. The van der Waals surface area contributed by atoms with Crippen LogP contribution in [0.25, 0.3) is 16.0 Å². The zero-order valence-electron chi connectivity index (χ0n) is 12.6. The van der Waals surface area contributed by atoms with Crippen molar-refractivity contribution in [1.82, 2.24) is 9.55 Å². The van der Waals surface area contributed by atoms with E-state index in [-0.39, 0.29) is 6.73 Å². The van der Waals surface area contributed by atoms with Gasteiger partial charge in [0.05, 0.1) is 21.6 Å². The van der Waals surface area contributed by atoms with E-state index in [4.69, 9.17) is 5.11 Å². The van der Waals surface area contributed by atoms with Crippen LogP contribution in [0, 0.1) is 0 Å². The third-order valence-corrected chi connectivity index (χ3v) is 4.73. The van der Waals surface area contributed by atoms with Gasteiger partial charge in [0.25, 0.3) is 0 Å². The fourth-order valence-electron chi connectivity index (χ4n) is 2.46. The fraction of sp³-hybridized carbons (Fsp3) is 0.294. The molecule has 0 saturated carbocycles. The summed E-state index contributed by atoms with van der Waals surface area (Å²) in [5.41, 5.74) is 3.09. The quantitative estimate of drug-likeness (QED) is 0.699. The molecule has 114 valence electrons. The molecule has 4 nitrogen and oxygen atoms in total. The number of imidazole rings is 1. The first-order valence-electron chi connectivity index (χ1n) is 7.50. The minimum absolute atomic E-state index is 0.152. The maximum Gasteiger partial charge on any atom is 0.134 e. The molecule has 1 N–H and O–H groups in total. The molecular weight excluding hydrogens is 294 g/mol. The van der Waals surface area contributed by atoms with E-state index in [1.807, 2.05) is 24.5 Å². The molecule has 0 aliphatic heterocycles. The Balaban J connectivity index is 1.94. The van der Waals surface area contributed by atoms with Gasteiger partial charge in [-0.1, -0.05) is 25.5 Å². The van der Waals surface area contributed by atoms with Crippen molar-refractivity contribution in [3.8, 4) is 5.00 Å². The van der Waals surface area contributed by atoms with Crippen LogP contribution in [0.1, 0.15) is 31.1 Å². The summed E-state index contributed by atoms with van der Waals surface area (Å²) in [5.74, 6) is 0. The van der Waals surface area contributed by atoms with E-state index < -0.39 is 0 Å². The summed E-state index contributed by atoms with van der Waals surface area (Å²) in [4.78, 5) is 9.80. The van der Waals surface area contributed by atoms with Crippen molar-refractivity contribution in [2.75, 3.05) is 6.73 Å². The van der Waals surface area contributed by atoms with Crippen molar-refractivity contribution in [1.29, 1.82) is 0 Å². The number of hydrogen-bond donors (Lipinski definition) is 1. The predicted molar refractivity (Wildman–Crippen MR) is 92.1 cm³/mol. The normalized spacial score (nSPS) is 12.2. The molecule has 0 amide bonds. The molecule has 5 heteroatoms. The van der Waals surface area contributed by atoms with Crippen molar-refractivity contribution in [2.45, 2.75) is 26.2 Å². The molecule has 0 aliphatic rings. The minimum Gasteiger partial charge on any atom is -0.375 e. The van der Waals surface area contributed by atoms with Crippen LogP contribution >= 0.6 is 11.3 Å².